The summed E-state index contributed by atoms with van der Waals surface area (Å²) in [6.45, 7) is 6.26. The third-order valence-corrected chi connectivity index (χ3v) is 4.88. The quantitative estimate of drug-likeness (QED) is 0.814. The summed E-state index contributed by atoms with van der Waals surface area (Å²) in [6, 6.07) is 8.10. The van der Waals surface area contributed by atoms with Crippen LogP contribution in [0.4, 0.5) is 5.82 Å². The maximum atomic E-state index is 5.73. The number of ether oxygens (including phenoxy) is 3. The number of morpholine rings is 1. The van der Waals surface area contributed by atoms with Crippen LogP contribution in [0.3, 0.4) is 0 Å². The number of hydrogen-bond acceptors (Lipinski definition) is 7. The molecule has 0 spiro atoms. The molecule has 4 rings (SSSR count). The van der Waals surface area contributed by atoms with Crippen LogP contribution in [0, 0.1) is 0 Å². The molecule has 0 saturated carbocycles. The molecule has 1 aromatic carbocycles. The SMILES string of the molecule is CCN(C)c1ccnc([C@H]2COCCN2Cc2ccc3c(c2)OCO3)n1. The maximum Gasteiger partial charge on any atom is 0.231 e. The predicted octanol–water partition coefficient (Wildman–Crippen LogP) is 2.23. The van der Waals surface area contributed by atoms with Crippen LogP contribution in [0.5, 0.6) is 11.5 Å². The Morgan fingerprint density at radius 2 is 2.12 bits per heavy atom. The van der Waals surface area contributed by atoms with Crippen molar-refractivity contribution in [2.75, 3.05) is 45.0 Å². The fourth-order valence-electron chi connectivity index (χ4n) is 3.24. The van der Waals surface area contributed by atoms with E-state index in [-0.39, 0.29) is 6.04 Å². The standard InChI is InChI=1S/C19H24N4O3/c1-3-22(2)18-6-7-20-19(21-18)15-12-24-9-8-23(15)11-14-4-5-16-17(10-14)26-13-25-16/h4-7,10,15H,3,8-9,11-13H2,1-2H3/t15-/m1/s1. The van der Waals surface area contributed by atoms with Crippen LogP contribution in [0.2, 0.25) is 0 Å². The fourth-order valence-corrected chi connectivity index (χ4v) is 3.24. The van der Waals surface area contributed by atoms with Gasteiger partial charge in [-0.25, -0.2) is 9.97 Å². The molecule has 138 valence electrons. The van der Waals surface area contributed by atoms with Gasteiger partial charge in [0.1, 0.15) is 11.6 Å². The summed E-state index contributed by atoms with van der Waals surface area (Å²) < 4.78 is 16.6. The summed E-state index contributed by atoms with van der Waals surface area (Å²) in [4.78, 5) is 13.8. The highest BCUT2D eigenvalue weighted by atomic mass is 16.7. The zero-order valence-electron chi connectivity index (χ0n) is 15.2. The lowest BCUT2D eigenvalue weighted by atomic mass is 10.1. The van der Waals surface area contributed by atoms with Crippen LogP contribution in [0.25, 0.3) is 0 Å². The molecule has 0 unspecified atom stereocenters. The molecule has 0 amide bonds. The van der Waals surface area contributed by atoms with Crippen molar-refractivity contribution in [3.8, 4) is 11.5 Å². The maximum absolute atomic E-state index is 5.73. The minimum Gasteiger partial charge on any atom is -0.454 e. The first-order valence-electron chi connectivity index (χ1n) is 8.99. The average Bonchev–Trinajstić information content (AvgIpc) is 3.16. The number of nitrogens with zero attached hydrogens (tertiary/aromatic N) is 4. The monoisotopic (exact) mass is 356 g/mol. The Morgan fingerprint density at radius 1 is 1.23 bits per heavy atom. The van der Waals surface area contributed by atoms with Crippen molar-refractivity contribution >= 4 is 5.82 Å². The van der Waals surface area contributed by atoms with E-state index in [1.54, 1.807) is 0 Å². The van der Waals surface area contributed by atoms with Gasteiger partial charge in [0, 0.05) is 32.9 Å². The van der Waals surface area contributed by atoms with Crippen molar-refractivity contribution in [1.82, 2.24) is 14.9 Å². The van der Waals surface area contributed by atoms with Gasteiger partial charge in [0.2, 0.25) is 6.79 Å². The van der Waals surface area contributed by atoms with E-state index in [9.17, 15) is 0 Å². The summed E-state index contributed by atoms with van der Waals surface area (Å²) in [6.07, 6.45) is 1.83. The number of rotatable bonds is 5. The second-order valence-corrected chi connectivity index (χ2v) is 6.54. The van der Waals surface area contributed by atoms with E-state index < -0.39 is 0 Å². The van der Waals surface area contributed by atoms with Gasteiger partial charge in [-0.2, -0.15) is 0 Å². The summed E-state index contributed by atoms with van der Waals surface area (Å²) in [7, 11) is 2.04. The first-order valence-corrected chi connectivity index (χ1v) is 8.99. The molecule has 1 saturated heterocycles. The summed E-state index contributed by atoms with van der Waals surface area (Å²) >= 11 is 0. The van der Waals surface area contributed by atoms with Crippen molar-refractivity contribution in [1.29, 1.82) is 0 Å². The third kappa shape index (κ3) is 3.45. The van der Waals surface area contributed by atoms with Crippen molar-refractivity contribution in [3.05, 3.63) is 41.9 Å². The number of benzene rings is 1. The van der Waals surface area contributed by atoms with Crippen LogP contribution in [-0.4, -0.2) is 55.0 Å². The molecule has 2 aromatic rings. The topological polar surface area (TPSA) is 60.0 Å². The minimum absolute atomic E-state index is 0.0411. The minimum atomic E-state index is 0.0411. The van der Waals surface area contributed by atoms with E-state index in [4.69, 9.17) is 19.2 Å². The summed E-state index contributed by atoms with van der Waals surface area (Å²) in [5, 5.41) is 0. The molecule has 2 aliphatic rings. The van der Waals surface area contributed by atoms with Crippen molar-refractivity contribution in [2.24, 2.45) is 0 Å². The van der Waals surface area contributed by atoms with Gasteiger partial charge in [-0.05, 0) is 30.7 Å². The van der Waals surface area contributed by atoms with E-state index in [2.05, 4.69) is 33.8 Å². The van der Waals surface area contributed by atoms with E-state index in [0.717, 1.165) is 49.4 Å². The molecule has 2 aliphatic heterocycles. The molecule has 0 bridgehead atoms. The molecule has 0 aliphatic carbocycles. The third-order valence-electron chi connectivity index (χ3n) is 4.88. The first-order chi connectivity index (χ1) is 12.7. The van der Waals surface area contributed by atoms with Gasteiger partial charge in [0.25, 0.3) is 0 Å². The molecular formula is C19H24N4O3. The van der Waals surface area contributed by atoms with Crippen LogP contribution in [0.15, 0.2) is 30.5 Å². The Morgan fingerprint density at radius 3 is 3.00 bits per heavy atom. The summed E-state index contributed by atoms with van der Waals surface area (Å²) in [5.41, 5.74) is 1.18. The van der Waals surface area contributed by atoms with Gasteiger partial charge in [-0.3, -0.25) is 4.90 Å². The molecule has 7 heteroatoms. The Labute approximate surface area is 153 Å². The Hall–Kier alpha value is -2.38. The lowest BCUT2D eigenvalue weighted by Crippen LogP contribution is -2.40. The van der Waals surface area contributed by atoms with Gasteiger partial charge >= 0.3 is 0 Å². The Balaban J connectivity index is 1.55. The molecule has 26 heavy (non-hydrogen) atoms. The van der Waals surface area contributed by atoms with E-state index in [1.807, 2.05) is 25.4 Å². The first kappa shape index (κ1) is 17.1. The van der Waals surface area contributed by atoms with E-state index in [1.165, 1.54) is 5.56 Å². The van der Waals surface area contributed by atoms with Crippen molar-refractivity contribution in [2.45, 2.75) is 19.5 Å². The number of aromatic nitrogens is 2. The molecule has 0 N–H and O–H groups in total. The van der Waals surface area contributed by atoms with Crippen molar-refractivity contribution in [3.63, 3.8) is 0 Å². The zero-order chi connectivity index (χ0) is 17.9. The fraction of sp³-hybridized carbons (Fsp3) is 0.474. The average molecular weight is 356 g/mol. The lowest BCUT2D eigenvalue weighted by Gasteiger charge is -2.34. The molecule has 0 radical (unpaired) electrons. The smallest absolute Gasteiger partial charge is 0.231 e. The molecule has 1 aromatic heterocycles. The normalized spacial score (nSPS) is 19.5. The van der Waals surface area contributed by atoms with Crippen molar-refractivity contribution < 1.29 is 14.2 Å². The van der Waals surface area contributed by atoms with Gasteiger partial charge in [-0.1, -0.05) is 6.07 Å². The second kappa shape index (κ2) is 7.47. The summed E-state index contributed by atoms with van der Waals surface area (Å²) in [5.74, 6) is 3.37. The second-order valence-electron chi connectivity index (χ2n) is 6.54. The Kier molecular flexibility index (Phi) is 4.90. The van der Waals surface area contributed by atoms with Crippen LogP contribution >= 0.6 is 0 Å². The van der Waals surface area contributed by atoms with E-state index in [0.29, 0.717) is 13.4 Å². The van der Waals surface area contributed by atoms with Gasteiger partial charge in [-0.15, -0.1) is 0 Å². The van der Waals surface area contributed by atoms with E-state index >= 15 is 0 Å². The number of fused-ring (bicyclic) bond motifs is 1. The van der Waals surface area contributed by atoms with Crippen LogP contribution < -0.4 is 14.4 Å². The van der Waals surface area contributed by atoms with Crippen LogP contribution in [-0.2, 0) is 11.3 Å². The molecule has 3 heterocycles. The van der Waals surface area contributed by atoms with Gasteiger partial charge in [0.05, 0.1) is 19.3 Å². The van der Waals surface area contributed by atoms with Gasteiger partial charge in [0.15, 0.2) is 11.5 Å². The molecule has 1 fully saturated rings. The largest absolute Gasteiger partial charge is 0.454 e. The highest BCUT2D eigenvalue weighted by Crippen LogP contribution is 2.34. The number of hydrogen-bond donors (Lipinski definition) is 0. The molecule has 1 atom stereocenters. The highest BCUT2D eigenvalue weighted by Gasteiger charge is 2.28. The Bertz CT molecular complexity index is 770. The zero-order valence-corrected chi connectivity index (χ0v) is 15.2. The molecular weight excluding hydrogens is 332 g/mol. The van der Waals surface area contributed by atoms with Crippen LogP contribution in [0.1, 0.15) is 24.4 Å². The lowest BCUT2D eigenvalue weighted by molar-refractivity contribution is -0.0159. The highest BCUT2D eigenvalue weighted by molar-refractivity contribution is 5.44. The predicted molar refractivity (Wildman–Crippen MR) is 97.5 cm³/mol. The van der Waals surface area contributed by atoms with Gasteiger partial charge < -0.3 is 19.1 Å². The number of anilines is 1. The molecule has 7 nitrogen and oxygen atoms in total.